The lowest BCUT2D eigenvalue weighted by atomic mass is 9.83. The van der Waals surface area contributed by atoms with E-state index in [9.17, 15) is 27.5 Å². The molecule has 0 fully saturated rings. The van der Waals surface area contributed by atoms with Gasteiger partial charge >= 0.3 is 12.1 Å². The molecular weight excluding hydrogens is 558 g/mol. The number of nitrogens with zero attached hydrogens (tertiary/aromatic N) is 1. The normalized spacial score (nSPS) is 13.0. The van der Waals surface area contributed by atoms with E-state index in [0.717, 1.165) is 39.1 Å². The third kappa shape index (κ3) is 6.49. The fourth-order valence-corrected chi connectivity index (χ4v) is 5.26. The van der Waals surface area contributed by atoms with Gasteiger partial charge in [0.1, 0.15) is 12.4 Å². The molecule has 8 heteroatoms. The minimum atomic E-state index is -4.62. The Hall–Kier alpha value is -4.43. The monoisotopic (exact) mass is 589 g/mol. The van der Waals surface area contributed by atoms with E-state index in [1.54, 1.807) is 24.8 Å². The topological polar surface area (TPSA) is 53.7 Å². The van der Waals surface area contributed by atoms with Crippen molar-refractivity contribution in [3.63, 3.8) is 0 Å². The minimum absolute atomic E-state index is 0.0397. The number of carboxylic acids is 1. The molecule has 0 amide bonds. The number of halogens is 4. The molecule has 4 nitrogen and oxygen atoms in total. The lowest BCUT2D eigenvalue weighted by Gasteiger charge is -2.30. The number of benzene rings is 4. The molecule has 0 aliphatic heterocycles. The highest BCUT2D eigenvalue weighted by atomic mass is 19.4. The van der Waals surface area contributed by atoms with Crippen molar-refractivity contribution < 1.29 is 31.9 Å². The van der Waals surface area contributed by atoms with Crippen molar-refractivity contribution in [2.45, 2.75) is 44.6 Å². The van der Waals surface area contributed by atoms with Crippen molar-refractivity contribution in [1.29, 1.82) is 0 Å². The molecule has 0 saturated heterocycles. The molecule has 0 radical (unpaired) electrons. The first-order valence-corrected chi connectivity index (χ1v) is 13.8. The molecule has 0 spiro atoms. The van der Waals surface area contributed by atoms with Gasteiger partial charge in [-0.15, -0.1) is 0 Å². The first kappa shape index (κ1) is 30.0. The molecule has 1 unspecified atom stereocenters. The van der Waals surface area contributed by atoms with Crippen LogP contribution in [0.1, 0.15) is 48.1 Å². The Labute approximate surface area is 247 Å². The zero-order valence-corrected chi connectivity index (χ0v) is 23.7. The smallest absolute Gasteiger partial charge is 0.449 e. The predicted octanol–water partition coefficient (Wildman–Crippen LogP) is 9.19. The molecule has 1 aromatic heterocycles. The van der Waals surface area contributed by atoms with Crippen molar-refractivity contribution in [2.24, 2.45) is 0 Å². The van der Waals surface area contributed by atoms with Gasteiger partial charge in [0.25, 0.3) is 0 Å². The van der Waals surface area contributed by atoms with Crippen LogP contribution in [0, 0.1) is 0 Å². The van der Waals surface area contributed by atoms with Crippen LogP contribution in [0.5, 0.6) is 0 Å². The van der Waals surface area contributed by atoms with Gasteiger partial charge in [0.15, 0.2) is 0 Å². The second-order valence-electron chi connectivity index (χ2n) is 11.1. The summed E-state index contributed by atoms with van der Waals surface area (Å²) in [6, 6.07) is 29.6. The van der Waals surface area contributed by atoms with Gasteiger partial charge in [0.2, 0.25) is 5.76 Å². The summed E-state index contributed by atoms with van der Waals surface area (Å²) >= 11 is 0. The highest BCUT2D eigenvalue weighted by Crippen LogP contribution is 2.35. The maximum Gasteiger partial charge on any atom is 0.449 e. The van der Waals surface area contributed by atoms with E-state index in [1.165, 1.54) is 6.07 Å². The predicted molar refractivity (Wildman–Crippen MR) is 158 cm³/mol. The average molecular weight is 590 g/mol. The summed E-state index contributed by atoms with van der Waals surface area (Å²) in [6.45, 7) is 2.75. The highest BCUT2D eigenvalue weighted by molar-refractivity contribution is 5.86. The summed E-state index contributed by atoms with van der Waals surface area (Å²) in [5, 5.41) is 11.4. The van der Waals surface area contributed by atoms with Crippen LogP contribution in [0.15, 0.2) is 108 Å². The van der Waals surface area contributed by atoms with Gasteiger partial charge < -0.3 is 9.52 Å². The van der Waals surface area contributed by atoms with Crippen LogP contribution in [-0.2, 0) is 29.5 Å². The van der Waals surface area contributed by atoms with E-state index in [2.05, 4.69) is 0 Å². The van der Waals surface area contributed by atoms with Crippen LogP contribution in [0.3, 0.4) is 0 Å². The average Bonchev–Trinajstić information content (AvgIpc) is 3.47. The molecule has 4 aromatic carbocycles. The van der Waals surface area contributed by atoms with Crippen LogP contribution in [0.25, 0.3) is 21.9 Å². The Morgan fingerprint density at radius 3 is 2.21 bits per heavy atom. The molecule has 1 N–H and O–H groups in total. The molecule has 0 aliphatic carbocycles. The maximum absolute atomic E-state index is 14.9. The van der Waals surface area contributed by atoms with Gasteiger partial charge in [0.05, 0.1) is 18.0 Å². The molecule has 43 heavy (non-hydrogen) atoms. The molecule has 0 aliphatic rings. The minimum Gasteiger partial charge on any atom is -0.481 e. The third-order valence-electron chi connectivity index (χ3n) is 7.86. The first-order chi connectivity index (χ1) is 20.5. The van der Waals surface area contributed by atoms with E-state index >= 15 is 0 Å². The zero-order valence-electron chi connectivity index (χ0n) is 23.7. The maximum atomic E-state index is 14.9. The number of carbonyl (C=O) groups is 1. The molecule has 1 atom stereocenters. The quantitative estimate of drug-likeness (QED) is 0.165. The summed E-state index contributed by atoms with van der Waals surface area (Å²) in [5.74, 6) is -1.94. The van der Waals surface area contributed by atoms with Crippen LogP contribution in [0.4, 0.5) is 17.6 Å². The summed E-state index contributed by atoms with van der Waals surface area (Å²) in [5.41, 5.74) is 2.89. The number of aliphatic carboxylic acids is 1. The highest BCUT2D eigenvalue weighted by Gasteiger charge is 2.35. The van der Waals surface area contributed by atoms with E-state index in [-0.39, 0.29) is 18.8 Å². The fraction of sp³-hybridized carbons (Fsp3) is 0.229. The van der Waals surface area contributed by atoms with Gasteiger partial charge in [-0.2, -0.15) is 13.2 Å². The van der Waals surface area contributed by atoms with E-state index in [0.29, 0.717) is 5.56 Å². The van der Waals surface area contributed by atoms with Crippen molar-refractivity contribution in [3.8, 4) is 11.1 Å². The Morgan fingerprint density at radius 2 is 1.53 bits per heavy atom. The van der Waals surface area contributed by atoms with Crippen molar-refractivity contribution in [2.75, 3.05) is 6.67 Å². The molecule has 5 aromatic rings. The Bertz CT molecular complexity index is 1720. The van der Waals surface area contributed by atoms with E-state index < -0.39 is 36.0 Å². The second kappa shape index (κ2) is 12.1. The second-order valence-corrected chi connectivity index (χ2v) is 11.1. The lowest BCUT2D eigenvalue weighted by molar-refractivity contribution is -0.153. The molecule has 222 valence electrons. The van der Waals surface area contributed by atoms with Crippen LogP contribution in [0.2, 0.25) is 0 Å². The van der Waals surface area contributed by atoms with Crippen molar-refractivity contribution >= 4 is 16.7 Å². The van der Waals surface area contributed by atoms with Gasteiger partial charge in [-0.25, -0.2) is 4.39 Å². The van der Waals surface area contributed by atoms with Gasteiger partial charge in [-0.05, 0) is 64.6 Å². The Morgan fingerprint density at radius 1 is 0.837 bits per heavy atom. The lowest BCUT2D eigenvalue weighted by Crippen LogP contribution is -2.29. The number of furan rings is 1. The van der Waals surface area contributed by atoms with Crippen LogP contribution in [-0.4, -0.2) is 22.7 Å². The van der Waals surface area contributed by atoms with Gasteiger partial charge in [0, 0.05) is 6.54 Å². The summed E-state index contributed by atoms with van der Waals surface area (Å²) in [4.78, 5) is 13.5. The molecular formula is C35H31F4NO3. The van der Waals surface area contributed by atoms with E-state index in [4.69, 9.17) is 4.42 Å². The Kier molecular flexibility index (Phi) is 8.42. The number of hydrogen-bond donors (Lipinski definition) is 1. The van der Waals surface area contributed by atoms with E-state index in [1.807, 2.05) is 84.9 Å². The molecule has 5 rings (SSSR count). The summed E-state index contributed by atoms with van der Waals surface area (Å²) in [7, 11) is 0. The number of alkyl halides is 4. The largest absolute Gasteiger partial charge is 0.481 e. The molecule has 0 bridgehead atoms. The number of rotatable bonds is 10. The summed E-state index contributed by atoms with van der Waals surface area (Å²) < 4.78 is 59.8. The molecule has 0 saturated carbocycles. The molecule has 1 heterocycles. The zero-order chi connectivity index (χ0) is 30.8. The fourth-order valence-electron chi connectivity index (χ4n) is 5.26. The SMILES string of the molecule is CC(C)(C(=O)O)c1cccc(-c2ccc(CN(Cc3ccc(C(F)(F)F)o3)C(CF)c3cccc4ccccc34)cc2)c1. The number of fused-ring (bicyclic) bond motifs is 1. The van der Waals surface area contributed by atoms with Crippen LogP contribution >= 0.6 is 0 Å². The number of carboxylic acid groups (broad SMARTS) is 1. The van der Waals surface area contributed by atoms with Crippen molar-refractivity contribution in [3.05, 3.63) is 131 Å². The number of hydrogen-bond acceptors (Lipinski definition) is 3. The van der Waals surface area contributed by atoms with Crippen LogP contribution < -0.4 is 0 Å². The standard InChI is InChI=1S/C35H31F4NO3/c1-34(2,33(41)42)27-10-5-9-26(19-27)24-15-13-23(14-16-24)21-40(22-28-17-18-32(43-28)35(37,38)39)31(20-36)30-12-6-8-25-7-3-4-11-29(25)30/h3-19,31H,20-22H2,1-2H3,(H,41,42). The van der Waals surface area contributed by atoms with Gasteiger partial charge in [-0.3, -0.25) is 9.69 Å². The first-order valence-electron chi connectivity index (χ1n) is 13.8. The third-order valence-corrected chi connectivity index (χ3v) is 7.86. The Balaban J connectivity index is 1.47. The van der Waals surface area contributed by atoms with Crippen molar-refractivity contribution in [1.82, 2.24) is 4.90 Å². The van der Waals surface area contributed by atoms with Gasteiger partial charge in [-0.1, -0.05) is 91.0 Å². The summed E-state index contributed by atoms with van der Waals surface area (Å²) in [6.07, 6.45) is -4.62.